The zero-order valence-electron chi connectivity index (χ0n) is 61.9. The van der Waals surface area contributed by atoms with Crippen molar-refractivity contribution in [1.29, 1.82) is 0 Å². The zero-order chi connectivity index (χ0) is 68.3. The number of hydrogen-bond acceptors (Lipinski definition) is 8. The summed E-state index contributed by atoms with van der Waals surface area (Å²) in [5.74, 6) is -0.821. The monoisotopic (exact) mass is 1330 g/mol. The second-order valence-electron chi connectivity index (χ2n) is 27.3. The van der Waals surface area contributed by atoms with Crippen molar-refractivity contribution in [3.8, 4) is 0 Å². The first-order valence-electron chi connectivity index (χ1n) is 39.2. The van der Waals surface area contributed by atoms with Crippen LogP contribution in [0.5, 0.6) is 0 Å². The van der Waals surface area contributed by atoms with E-state index in [1.54, 1.807) is 0 Å². The molecule has 9 nitrogen and oxygen atoms in total. The predicted molar refractivity (Wildman–Crippen MR) is 406 cm³/mol. The first-order chi connectivity index (χ1) is 46.0. The van der Waals surface area contributed by atoms with Crippen LogP contribution < -0.4 is 4.89 Å². The Morgan fingerprint density at radius 1 is 0.330 bits per heavy atom. The normalized spacial score (nSPS) is 13.7. The molecule has 0 aromatic rings. The van der Waals surface area contributed by atoms with Crippen LogP contribution in [0, 0.1) is 0 Å². The lowest BCUT2D eigenvalue weighted by atomic mass is 10.0. The molecule has 0 saturated carbocycles. The second kappa shape index (κ2) is 73.7. The maximum atomic E-state index is 12.9. The van der Waals surface area contributed by atoms with Gasteiger partial charge in [-0.15, -0.1) is 0 Å². The molecule has 0 amide bonds. The smallest absolute Gasteiger partial charge is 0.306 e. The van der Waals surface area contributed by atoms with E-state index < -0.39 is 26.5 Å². The van der Waals surface area contributed by atoms with Crippen LogP contribution in [0.15, 0.2) is 122 Å². The van der Waals surface area contributed by atoms with Crippen LogP contribution in [0.4, 0.5) is 0 Å². The van der Waals surface area contributed by atoms with Crippen LogP contribution >= 0.6 is 7.82 Å². The summed E-state index contributed by atoms with van der Waals surface area (Å²) in [6, 6.07) is 0. The summed E-state index contributed by atoms with van der Waals surface area (Å²) in [7, 11) is 1.17. The van der Waals surface area contributed by atoms with Crippen LogP contribution in [0.2, 0.25) is 0 Å². The summed E-state index contributed by atoms with van der Waals surface area (Å²) in [5.41, 5.74) is 0. The maximum absolute atomic E-state index is 12.9. The van der Waals surface area contributed by atoms with E-state index in [0.29, 0.717) is 17.4 Å². The zero-order valence-corrected chi connectivity index (χ0v) is 62.8. The number of carbonyl (C=O) groups is 2. The van der Waals surface area contributed by atoms with Crippen molar-refractivity contribution in [3.63, 3.8) is 0 Å². The fourth-order valence-corrected chi connectivity index (χ4v) is 11.8. The van der Waals surface area contributed by atoms with E-state index in [1.807, 2.05) is 21.1 Å². The van der Waals surface area contributed by atoms with Gasteiger partial charge in [0, 0.05) is 12.8 Å². The third-order valence-electron chi connectivity index (χ3n) is 17.0. The molecule has 94 heavy (non-hydrogen) atoms. The van der Waals surface area contributed by atoms with Gasteiger partial charge in [0.25, 0.3) is 7.82 Å². The number of carbonyl (C=O) groups excluding carboxylic acids is 2. The average molecular weight is 1330 g/mol. The molecule has 0 aromatic heterocycles. The second-order valence-corrected chi connectivity index (χ2v) is 28.7. The fourth-order valence-electron chi connectivity index (χ4n) is 11.1. The van der Waals surface area contributed by atoms with Gasteiger partial charge in [-0.05, 0) is 103 Å². The highest BCUT2D eigenvalue weighted by Crippen LogP contribution is 2.38. The van der Waals surface area contributed by atoms with Gasteiger partial charge in [0.15, 0.2) is 6.10 Å². The van der Waals surface area contributed by atoms with Crippen molar-refractivity contribution < 1.29 is 42.1 Å². The first kappa shape index (κ1) is 90.4. The van der Waals surface area contributed by atoms with E-state index in [9.17, 15) is 19.0 Å². The van der Waals surface area contributed by atoms with Gasteiger partial charge in [0.1, 0.15) is 19.8 Å². The number of ether oxygens (including phenoxy) is 2. The number of esters is 2. The highest BCUT2D eigenvalue weighted by molar-refractivity contribution is 7.45. The summed E-state index contributed by atoms with van der Waals surface area (Å²) >= 11 is 0. The molecule has 2 atom stereocenters. The van der Waals surface area contributed by atoms with Gasteiger partial charge in [-0.25, -0.2) is 0 Å². The van der Waals surface area contributed by atoms with Crippen molar-refractivity contribution >= 4 is 19.8 Å². The summed E-state index contributed by atoms with van der Waals surface area (Å²) < 4.78 is 34.4. The van der Waals surface area contributed by atoms with Crippen molar-refractivity contribution in [3.05, 3.63) is 122 Å². The minimum Gasteiger partial charge on any atom is -0.756 e. The van der Waals surface area contributed by atoms with Gasteiger partial charge >= 0.3 is 11.9 Å². The molecule has 0 aliphatic rings. The standard InChI is InChI=1S/C84H148NO8P/c1-6-8-10-12-14-16-18-20-22-24-26-28-30-32-34-36-38-39-40-41-42-43-44-45-47-49-51-53-55-57-59-61-63-65-67-69-71-73-75-77-84(87)93-82(81-92-94(88,89)91-79-78-85(3,4)5)80-90-83(86)76-74-72-70-68-66-64-62-60-58-56-54-52-50-48-46-37-35-33-31-29-27-25-23-21-19-17-15-13-11-9-7-2/h8-11,14-17,20-23,26-29,32-35,82H,6-7,12-13,18-19,24-25,30-31,36-81H2,1-5H3/b10-8-,11-9-,16-14-,17-15-,22-20-,23-21-,28-26-,29-27-,34-32-,35-33-. The SMILES string of the molecule is CC/C=C\C/C=C\C/C=C\C/C=C\C/C=C\CCCCCCCCCCCCCCCCCCCCCCCCCC(=O)OC(COC(=O)CCCCCCCCCCCCCCCCC/C=C\C/C=C\C/C=C\C/C=C\C/C=C\CC)COP(=O)([O-])OCC[N+](C)(C)C. The highest BCUT2D eigenvalue weighted by Gasteiger charge is 2.22. The Balaban J connectivity index is 3.95. The molecule has 0 heterocycles. The molecule has 0 aliphatic heterocycles. The molecule has 10 heteroatoms. The van der Waals surface area contributed by atoms with E-state index in [1.165, 1.54) is 212 Å². The molecule has 0 spiro atoms. The van der Waals surface area contributed by atoms with E-state index in [-0.39, 0.29) is 32.0 Å². The Bertz CT molecular complexity index is 2010. The van der Waals surface area contributed by atoms with Gasteiger partial charge < -0.3 is 27.9 Å². The lowest BCUT2D eigenvalue weighted by Crippen LogP contribution is -2.37. The number of phosphoric ester groups is 1. The minimum atomic E-state index is -4.65. The van der Waals surface area contributed by atoms with Crippen LogP contribution in [-0.2, 0) is 32.7 Å². The third-order valence-corrected chi connectivity index (χ3v) is 17.9. The van der Waals surface area contributed by atoms with Gasteiger partial charge in [-0.2, -0.15) is 0 Å². The lowest BCUT2D eigenvalue weighted by molar-refractivity contribution is -0.870. The molecule has 542 valence electrons. The van der Waals surface area contributed by atoms with E-state index >= 15 is 0 Å². The Morgan fingerprint density at radius 2 is 0.574 bits per heavy atom. The summed E-state index contributed by atoms with van der Waals surface area (Å²) in [6.07, 6.45) is 106. The first-order valence-corrected chi connectivity index (χ1v) is 40.7. The topological polar surface area (TPSA) is 111 Å². The summed E-state index contributed by atoms with van der Waals surface area (Å²) in [5, 5.41) is 0. The number of allylic oxidation sites excluding steroid dienone is 20. The molecule has 0 rings (SSSR count). The van der Waals surface area contributed by atoms with Gasteiger partial charge in [0.2, 0.25) is 0 Å². The van der Waals surface area contributed by atoms with Gasteiger partial charge in [-0.3, -0.25) is 14.2 Å². The lowest BCUT2D eigenvalue weighted by Gasteiger charge is -2.28. The molecule has 0 fully saturated rings. The predicted octanol–water partition coefficient (Wildman–Crippen LogP) is 25.5. The van der Waals surface area contributed by atoms with Gasteiger partial charge in [-0.1, -0.05) is 354 Å². The molecular formula is C84H148NO8P. The van der Waals surface area contributed by atoms with Crippen molar-refractivity contribution in [1.82, 2.24) is 0 Å². The van der Waals surface area contributed by atoms with Crippen molar-refractivity contribution in [2.45, 2.75) is 354 Å². The quantitative estimate of drug-likeness (QED) is 0.0195. The Kier molecular flexibility index (Phi) is 70.8. The van der Waals surface area contributed by atoms with E-state index in [2.05, 4.69) is 135 Å². The largest absolute Gasteiger partial charge is 0.756 e. The van der Waals surface area contributed by atoms with Crippen molar-refractivity contribution in [2.24, 2.45) is 0 Å². The van der Waals surface area contributed by atoms with Crippen LogP contribution in [-0.4, -0.2) is 70.0 Å². The minimum absolute atomic E-state index is 0.0324. The Hall–Kier alpha value is -3.59. The molecule has 0 radical (unpaired) electrons. The number of hydrogen-bond donors (Lipinski definition) is 0. The van der Waals surface area contributed by atoms with E-state index in [4.69, 9.17) is 18.5 Å². The highest BCUT2D eigenvalue weighted by atomic mass is 31.2. The molecule has 0 aromatic carbocycles. The van der Waals surface area contributed by atoms with Crippen LogP contribution in [0.25, 0.3) is 0 Å². The van der Waals surface area contributed by atoms with Gasteiger partial charge in [0.05, 0.1) is 27.7 Å². The fraction of sp³-hybridized carbons (Fsp3) is 0.738. The maximum Gasteiger partial charge on any atom is 0.306 e. The molecule has 2 unspecified atom stereocenters. The molecule has 0 N–H and O–H groups in total. The third kappa shape index (κ3) is 77.4. The van der Waals surface area contributed by atoms with Crippen LogP contribution in [0.1, 0.15) is 348 Å². The number of nitrogens with zero attached hydrogens (tertiary/aromatic N) is 1. The van der Waals surface area contributed by atoms with Crippen molar-refractivity contribution in [2.75, 3.05) is 47.5 Å². The molecule has 0 saturated heterocycles. The Morgan fingerprint density at radius 3 is 0.851 bits per heavy atom. The number of phosphoric acid groups is 1. The average Bonchev–Trinajstić information content (AvgIpc) is 1.56. The number of quaternary nitrogens is 1. The molecule has 0 aliphatic carbocycles. The molecular weight excluding hydrogens is 1180 g/mol. The van der Waals surface area contributed by atoms with Crippen LogP contribution in [0.3, 0.4) is 0 Å². The summed E-state index contributed by atoms with van der Waals surface area (Å²) in [4.78, 5) is 38.2. The number of rotatable bonds is 72. The number of unbranched alkanes of at least 4 members (excludes halogenated alkanes) is 38. The molecule has 0 bridgehead atoms. The Labute approximate surface area is 581 Å². The van der Waals surface area contributed by atoms with E-state index in [0.717, 1.165) is 103 Å². The summed E-state index contributed by atoms with van der Waals surface area (Å²) in [6.45, 7) is 4.05. The number of likely N-dealkylation sites (N-methyl/N-ethyl adjacent to an activating group) is 1.